The van der Waals surface area contributed by atoms with Crippen molar-refractivity contribution in [2.45, 2.75) is 33.1 Å². The molecule has 0 aromatic rings. The quantitative estimate of drug-likeness (QED) is 0.539. The van der Waals surface area contributed by atoms with Crippen LogP contribution in [0, 0.1) is 35.5 Å². The summed E-state index contributed by atoms with van der Waals surface area (Å²) >= 11 is 0. The van der Waals surface area contributed by atoms with Crippen LogP contribution in [0.2, 0.25) is 0 Å². The van der Waals surface area contributed by atoms with Gasteiger partial charge in [0.15, 0.2) is 0 Å². The minimum Gasteiger partial charge on any atom is -0.0651 e. The molecular formula is C11H18. The second-order valence-electron chi connectivity index (χ2n) is 5.06. The Kier molecular flexibility index (Phi) is 1.09. The van der Waals surface area contributed by atoms with E-state index in [4.69, 9.17) is 0 Å². The van der Waals surface area contributed by atoms with Crippen LogP contribution >= 0.6 is 0 Å². The van der Waals surface area contributed by atoms with E-state index in [0.29, 0.717) is 0 Å². The van der Waals surface area contributed by atoms with E-state index in [1.54, 1.807) is 12.8 Å². The fraction of sp³-hybridized carbons (Fsp3) is 1.00. The number of hydrogen-bond acceptors (Lipinski definition) is 0. The standard InChI is InChI=1S/C11H18/c1-3-7-10-4-8(10)6(2)9-5-11(7)9/h6-11H,3-5H2,1-2H3. The number of hydrogen-bond donors (Lipinski definition) is 0. The first-order valence-corrected chi connectivity index (χ1v) is 5.33. The predicted molar refractivity (Wildman–Crippen MR) is 46.1 cm³/mol. The van der Waals surface area contributed by atoms with E-state index >= 15 is 0 Å². The predicted octanol–water partition coefficient (Wildman–Crippen LogP) is 2.93. The molecule has 3 saturated carbocycles. The molecule has 0 radical (unpaired) electrons. The Hall–Kier alpha value is 0. The molecule has 0 aromatic heterocycles. The molecule has 11 heavy (non-hydrogen) atoms. The van der Waals surface area contributed by atoms with Crippen molar-refractivity contribution in [3.8, 4) is 0 Å². The van der Waals surface area contributed by atoms with Gasteiger partial charge >= 0.3 is 0 Å². The molecule has 4 unspecified atom stereocenters. The summed E-state index contributed by atoms with van der Waals surface area (Å²) < 4.78 is 0. The average Bonchev–Trinajstić information content (AvgIpc) is 2.80. The summed E-state index contributed by atoms with van der Waals surface area (Å²) in [5.41, 5.74) is 0. The van der Waals surface area contributed by atoms with E-state index in [2.05, 4.69) is 13.8 Å². The van der Waals surface area contributed by atoms with Gasteiger partial charge in [-0.3, -0.25) is 0 Å². The van der Waals surface area contributed by atoms with Crippen LogP contribution in [0.5, 0.6) is 0 Å². The first-order chi connectivity index (χ1) is 5.33. The zero-order chi connectivity index (χ0) is 7.59. The molecule has 0 N–H and O–H groups in total. The second kappa shape index (κ2) is 1.84. The third-order valence-electron chi connectivity index (χ3n) is 4.70. The van der Waals surface area contributed by atoms with Crippen molar-refractivity contribution >= 4 is 0 Å². The zero-order valence-electron chi connectivity index (χ0n) is 7.59. The molecule has 0 aliphatic heterocycles. The maximum atomic E-state index is 2.50. The van der Waals surface area contributed by atoms with Crippen molar-refractivity contribution < 1.29 is 0 Å². The first-order valence-electron chi connectivity index (χ1n) is 5.33. The van der Waals surface area contributed by atoms with Crippen molar-refractivity contribution in [2.24, 2.45) is 35.5 Å². The lowest BCUT2D eigenvalue weighted by atomic mass is 9.82. The summed E-state index contributed by atoms with van der Waals surface area (Å²) in [6.07, 6.45) is 4.65. The summed E-state index contributed by atoms with van der Waals surface area (Å²) in [5.74, 6) is 6.96. The minimum atomic E-state index is 1.10. The summed E-state index contributed by atoms with van der Waals surface area (Å²) in [5, 5.41) is 0. The van der Waals surface area contributed by atoms with Gasteiger partial charge in [-0.15, -0.1) is 0 Å². The molecule has 0 aromatic carbocycles. The van der Waals surface area contributed by atoms with E-state index in [1.807, 2.05) is 0 Å². The van der Waals surface area contributed by atoms with Crippen LogP contribution in [0.4, 0.5) is 0 Å². The molecule has 0 spiro atoms. The van der Waals surface area contributed by atoms with Crippen LogP contribution in [-0.2, 0) is 0 Å². The van der Waals surface area contributed by atoms with E-state index < -0.39 is 0 Å². The number of fused-ring (bicyclic) bond motifs is 2. The molecule has 0 heterocycles. The monoisotopic (exact) mass is 150 g/mol. The maximum absolute atomic E-state index is 2.50. The Labute approximate surface area is 69.4 Å². The molecule has 62 valence electrons. The lowest BCUT2D eigenvalue weighted by molar-refractivity contribution is 0.248. The lowest BCUT2D eigenvalue weighted by Crippen LogP contribution is -2.18. The van der Waals surface area contributed by atoms with E-state index in [-0.39, 0.29) is 0 Å². The van der Waals surface area contributed by atoms with Gasteiger partial charge in [-0.05, 0) is 48.3 Å². The van der Waals surface area contributed by atoms with Crippen LogP contribution in [0.15, 0.2) is 0 Å². The highest BCUT2D eigenvalue weighted by Gasteiger charge is 2.62. The Balaban J connectivity index is 1.82. The molecular weight excluding hydrogens is 132 g/mol. The topological polar surface area (TPSA) is 0 Å². The smallest absolute Gasteiger partial charge is 0.0349 e. The first kappa shape index (κ1) is 6.51. The number of rotatable bonds is 1. The molecule has 3 rings (SSSR count). The van der Waals surface area contributed by atoms with Gasteiger partial charge in [0, 0.05) is 0 Å². The molecule has 3 fully saturated rings. The summed E-state index contributed by atoms with van der Waals surface area (Å²) in [6.45, 7) is 4.90. The SMILES string of the molecule is CCC1C2CC2C(C)C2CC21. The van der Waals surface area contributed by atoms with Gasteiger partial charge in [-0.1, -0.05) is 20.3 Å². The van der Waals surface area contributed by atoms with Crippen LogP contribution in [-0.4, -0.2) is 0 Å². The minimum absolute atomic E-state index is 1.10. The van der Waals surface area contributed by atoms with Gasteiger partial charge in [0.05, 0.1) is 0 Å². The van der Waals surface area contributed by atoms with Gasteiger partial charge in [0.1, 0.15) is 0 Å². The van der Waals surface area contributed by atoms with Gasteiger partial charge in [0.2, 0.25) is 0 Å². The highest BCUT2D eigenvalue weighted by Crippen LogP contribution is 2.68. The van der Waals surface area contributed by atoms with E-state index in [0.717, 1.165) is 11.8 Å². The van der Waals surface area contributed by atoms with Crippen molar-refractivity contribution in [1.29, 1.82) is 0 Å². The summed E-state index contributed by atoms with van der Waals surface area (Å²) in [4.78, 5) is 0. The van der Waals surface area contributed by atoms with Crippen molar-refractivity contribution in [3.63, 3.8) is 0 Å². The van der Waals surface area contributed by atoms with Gasteiger partial charge in [0.25, 0.3) is 0 Å². The van der Waals surface area contributed by atoms with Gasteiger partial charge < -0.3 is 0 Å². The Bertz CT molecular complexity index is 166. The van der Waals surface area contributed by atoms with E-state index in [1.165, 1.54) is 30.1 Å². The summed E-state index contributed by atoms with van der Waals surface area (Å²) in [6, 6.07) is 0. The molecule has 3 aliphatic rings. The second-order valence-corrected chi connectivity index (χ2v) is 5.06. The van der Waals surface area contributed by atoms with Crippen LogP contribution < -0.4 is 0 Å². The molecule has 0 heteroatoms. The Morgan fingerprint density at radius 3 is 2.00 bits per heavy atom. The molecule has 4 atom stereocenters. The lowest BCUT2D eigenvalue weighted by Gasteiger charge is -2.23. The highest BCUT2D eigenvalue weighted by molar-refractivity contribution is 5.10. The van der Waals surface area contributed by atoms with E-state index in [9.17, 15) is 0 Å². The van der Waals surface area contributed by atoms with Gasteiger partial charge in [-0.2, -0.15) is 0 Å². The van der Waals surface area contributed by atoms with Crippen LogP contribution in [0.1, 0.15) is 33.1 Å². The Morgan fingerprint density at radius 2 is 1.55 bits per heavy atom. The maximum Gasteiger partial charge on any atom is -0.0349 e. The van der Waals surface area contributed by atoms with Crippen molar-refractivity contribution in [1.82, 2.24) is 0 Å². The average molecular weight is 150 g/mol. The Morgan fingerprint density at radius 1 is 1.00 bits per heavy atom. The van der Waals surface area contributed by atoms with Crippen LogP contribution in [0.25, 0.3) is 0 Å². The summed E-state index contributed by atoms with van der Waals surface area (Å²) in [7, 11) is 0. The van der Waals surface area contributed by atoms with Crippen molar-refractivity contribution in [2.75, 3.05) is 0 Å². The fourth-order valence-corrected chi connectivity index (χ4v) is 3.91. The fourth-order valence-electron chi connectivity index (χ4n) is 3.91. The third-order valence-corrected chi connectivity index (χ3v) is 4.70. The van der Waals surface area contributed by atoms with Crippen molar-refractivity contribution in [3.05, 3.63) is 0 Å². The molecule has 0 amide bonds. The third kappa shape index (κ3) is 0.711. The molecule has 0 saturated heterocycles. The highest BCUT2D eigenvalue weighted by atomic mass is 14.7. The molecule has 0 nitrogen and oxygen atoms in total. The van der Waals surface area contributed by atoms with Crippen LogP contribution in [0.3, 0.4) is 0 Å². The largest absolute Gasteiger partial charge is 0.0651 e. The van der Waals surface area contributed by atoms with Gasteiger partial charge in [-0.25, -0.2) is 0 Å². The molecule has 3 aliphatic carbocycles. The molecule has 0 bridgehead atoms. The zero-order valence-corrected chi connectivity index (χ0v) is 7.59. The normalized spacial score (nSPS) is 64.9.